The molecular weight excluding hydrogens is 270 g/mol. The van der Waals surface area contributed by atoms with E-state index in [1.54, 1.807) is 6.08 Å². The lowest BCUT2D eigenvalue weighted by Gasteiger charge is -2.30. The van der Waals surface area contributed by atoms with Crippen molar-refractivity contribution in [1.29, 1.82) is 10.5 Å². The molecule has 0 N–H and O–H groups in total. The Morgan fingerprint density at radius 1 is 1.56 bits per heavy atom. The standard InChI is InChI=1S/C11H10BrN3O/c12-8-5-9-7(6-14)4-10(11(8)16)15(9)3-1-2-13/h5,7,9-10H,1,3-4H2. The van der Waals surface area contributed by atoms with Crippen LogP contribution in [0.2, 0.25) is 0 Å². The van der Waals surface area contributed by atoms with Gasteiger partial charge in [-0.1, -0.05) is 0 Å². The first-order valence-electron chi connectivity index (χ1n) is 5.13. The van der Waals surface area contributed by atoms with Gasteiger partial charge in [-0.2, -0.15) is 10.5 Å². The smallest absolute Gasteiger partial charge is 0.186 e. The number of ketones is 1. The predicted octanol–water partition coefficient (Wildman–Crippen LogP) is 1.34. The molecule has 2 aliphatic rings. The van der Waals surface area contributed by atoms with Crippen LogP contribution in [0.5, 0.6) is 0 Å². The van der Waals surface area contributed by atoms with Gasteiger partial charge in [-0.3, -0.25) is 9.69 Å². The zero-order chi connectivity index (χ0) is 11.7. The molecule has 3 unspecified atom stereocenters. The number of halogens is 1. The van der Waals surface area contributed by atoms with Gasteiger partial charge in [-0.25, -0.2) is 0 Å². The molecular formula is C11H10BrN3O. The van der Waals surface area contributed by atoms with Crippen LogP contribution in [0.25, 0.3) is 0 Å². The molecule has 0 aromatic carbocycles. The fourth-order valence-electron chi connectivity index (χ4n) is 2.43. The van der Waals surface area contributed by atoms with Crippen molar-refractivity contribution in [2.75, 3.05) is 6.54 Å². The number of fused-ring (bicyclic) bond motifs is 2. The van der Waals surface area contributed by atoms with E-state index in [2.05, 4.69) is 28.1 Å². The van der Waals surface area contributed by atoms with Gasteiger partial charge in [0.2, 0.25) is 0 Å². The van der Waals surface area contributed by atoms with E-state index in [4.69, 9.17) is 10.5 Å². The fourth-order valence-corrected chi connectivity index (χ4v) is 2.96. The first-order chi connectivity index (χ1) is 7.69. The number of carbonyl (C=O) groups is 1. The van der Waals surface area contributed by atoms with Crippen molar-refractivity contribution in [3.8, 4) is 12.1 Å². The van der Waals surface area contributed by atoms with E-state index >= 15 is 0 Å². The fraction of sp³-hybridized carbons (Fsp3) is 0.545. The third-order valence-corrected chi connectivity index (χ3v) is 3.83. The van der Waals surface area contributed by atoms with Crippen molar-refractivity contribution in [1.82, 2.24) is 4.90 Å². The van der Waals surface area contributed by atoms with Crippen molar-refractivity contribution in [2.45, 2.75) is 24.9 Å². The average molecular weight is 280 g/mol. The summed E-state index contributed by atoms with van der Waals surface area (Å²) >= 11 is 3.24. The molecule has 2 aliphatic heterocycles. The molecule has 1 saturated heterocycles. The third-order valence-electron chi connectivity index (χ3n) is 3.18. The highest BCUT2D eigenvalue weighted by Crippen LogP contribution is 2.38. The lowest BCUT2D eigenvalue weighted by atomic mass is 10.0. The number of rotatable bonds is 2. The second-order valence-corrected chi connectivity index (χ2v) is 4.86. The number of Topliss-reactive ketones (excluding diaryl/α,β-unsaturated/α-hetero) is 1. The van der Waals surface area contributed by atoms with Crippen LogP contribution in [-0.4, -0.2) is 29.3 Å². The van der Waals surface area contributed by atoms with Crippen molar-refractivity contribution < 1.29 is 4.79 Å². The van der Waals surface area contributed by atoms with E-state index in [1.165, 1.54) is 0 Å². The topological polar surface area (TPSA) is 67.9 Å². The Kier molecular flexibility index (Phi) is 3.09. The van der Waals surface area contributed by atoms with Crippen LogP contribution in [0.15, 0.2) is 10.6 Å². The maximum absolute atomic E-state index is 11.9. The van der Waals surface area contributed by atoms with Gasteiger partial charge in [0.05, 0.1) is 28.6 Å². The molecule has 0 saturated carbocycles. The minimum absolute atomic E-state index is 0.0181. The summed E-state index contributed by atoms with van der Waals surface area (Å²) in [6.45, 7) is 0.562. The van der Waals surface area contributed by atoms with Crippen LogP contribution in [0.1, 0.15) is 12.8 Å². The molecule has 0 radical (unpaired) electrons. The molecule has 82 valence electrons. The molecule has 2 bridgehead atoms. The second kappa shape index (κ2) is 4.37. The van der Waals surface area contributed by atoms with Gasteiger partial charge < -0.3 is 0 Å². The van der Waals surface area contributed by atoms with Crippen molar-refractivity contribution in [3.63, 3.8) is 0 Å². The largest absolute Gasteiger partial charge is 0.292 e. The number of hydrogen-bond acceptors (Lipinski definition) is 4. The Morgan fingerprint density at radius 2 is 2.31 bits per heavy atom. The van der Waals surface area contributed by atoms with Crippen LogP contribution in [-0.2, 0) is 4.79 Å². The van der Waals surface area contributed by atoms with Crippen LogP contribution in [0.4, 0.5) is 0 Å². The molecule has 2 rings (SSSR count). The zero-order valence-electron chi connectivity index (χ0n) is 8.56. The normalized spacial score (nSPS) is 33.1. The maximum atomic E-state index is 11.9. The van der Waals surface area contributed by atoms with Crippen LogP contribution < -0.4 is 0 Å². The van der Waals surface area contributed by atoms with Gasteiger partial charge in [-0.15, -0.1) is 0 Å². The Hall–Kier alpha value is -1.17. The summed E-state index contributed by atoms with van der Waals surface area (Å²) in [4.78, 5) is 13.8. The highest BCUT2D eigenvalue weighted by atomic mass is 79.9. The van der Waals surface area contributed by atoms with E-state index in [9.17, 15) is 4.79 Å². The molecule has 0 spiro atoms. The molecule has 3 atom stereocenters. The highest BCUT2D eigenvalue weighted by molar-refractivity contribution is 9.12. The zero-order valence-corrected chi connectivity index (χ0v) is 10.1. The van der Waals surface area contributed by atoms with E-state index in [-0.39, 0.29) is 23.8 Å². The first kappa shape index (κ1) is 11.3. The van der Waals surface area contributed by atoms with E-state index < -0.39 is 0 Å². The molecule has 0 aliphatic carbocycles. The van der Waals surface area contributed by atoms with Crippen molar-refractivity contribution >= 4 is 21.7 Å². The summed E-state index contributed by atoms with van der Waals surface area (Å²) in [6.07, 6.45) is 2.78. The van der Waals surface area contributed by atoms with E-state index in [0.29, 0.717) is 23.9 Å². The van der Waals surface area contributed by atoms with Crippen LogP contribution in [0, 0.1) is 28.6 Å². The van der Waals surface area contributed by atoms with Gasteiger partial charge in [-0.05, 0) is 28.4 Å². The summed E-state index contributed by atoms with van der Waals surface area (Å²) in [7, 11) is 0. The van der Waals surface area contributed by atoms with Gasteiger partial charge in [0.1, 0.15) is 0 Å². The summed E-state index contributed by atoms with van der Waals surface area (Å²) in [5.74, 6) is -0.102. The second-order valence-electron chi connectivity index (χ2n) is 4.00. The predicted molar refractivity (Wildman–Crippen MR) is 60.2 cm³/mol. The van der Waals surface area contributed by atoms with Gasteiger partial charge in [0, 0.05) is 19.0 Å². The number of nitrogens with zero attached hydrogens (tertiary/aromatic N) is 3. The molecule has 1 fully saturated rings. The molecule has 16 heavy (non-hydrogen) atoms. The van der Waals surface area contributed by atoms with Crippen LogP contribution in [0.3, 0.4) is 0 Å². The minimum atomic E-state index is -0.220. The Bertz CT molecular complexity index is 431. The summed E-state index contributed by atoms with van der Waals surface area (Å²) in [5, 5.41) is 17.6. The van der Waals surface area contributed by atoms with Gasteiger partial charge >= 0.3 is 0 Å². The van der Waals surface area contributed by atoms with E-state index in [1.807, 2.05) is 4.90 Å². The first-order valence-corrected chi connectivity index (χ1v) is 5.92. The molecule has 2 heterocycles. The third kappa shape index (κ3) is 1.67. The molecule has 0 aromatic heterocycles. The average Bonchev–Trinajstić information content (AvgIpc) is 2.56. The maximum Gasteiger partial charge on any atom is 0.186 e. The Balaban J connectivity index is 2.27. The summed E-state index contributed by atoms with van der Waals surface area (Å²) in [5.41, 5.74) is 0. The van der Waals surface area contributed by atoms with E-state index in [0.717, 1.165) is 0 Å². The van der Waals surface area contributed by atoms with Crippen molar-refractivity contribution in [2.24, 2.45) is 5.92 Å². The summed E-state index contributed by atoms with van der Waals surface area (Å²) < 4.78 is 0.577. The Labute approximate surface area is 102 Å². The number of nitriles is 2. The lowest BCUT2D eigenvalue weighted by molar-refractivity contribution is -0.119. The van der Waals surface area contributed by atoms with Gasteiger partial charge in [0.25, 0.3) is 0 Å². The highest BCUT2D eigenvalue weighted by Gasteiger charge is 2.47. The summed E-state index contributed by atoms with van der Waals surface area (Å²) in [6, 6.07) is 4.08. The molecule has 0 amide bonds. The molecule has 0 aromatic rings. The minimum Gasteiger partial charge on any atom is -0.292 e. The monoisotopic (exact) mass is 279 g/mol. The quantitative estimate of drug-likeness (QED) is 0.765. The molecule has 5 heteroatoms. The van der Waals surface area contributed by atoms with Crippen molar-refractivity contribution in [3.05, 3.63) is 10.6 Å². The Morgan fingerprint density at radius 3 is 2.94 bits per heavy atom. The number of carbonyl (C=O) groups excluding carboxylic acids is 1. The SMILES string of the molecule is N#CCCN1C2CC(C#N)C1C=C(Br)C2=O. The number of hydrogen-bond donors (Lipinski definition) is 0. The van der Waals surface area contributed by atoms with Crippen LogP contribution >= 0.6 is 15.9 Å². The molecule has 4 nitrogen and oxygen atoms in total. The lowest BCUT2D eigenvalue weighted by Crippen LogP contribution is -2.44. The van der Waals surface area contributed by atoms with Gasteiger partial charge in [0.15, 0.2) is 5.78 Å².